The van der Waals surface area contributed by atoms with E-state index in [1.807, 2.05) is 11.8 Å². The van der Waals surface area contributed by atoms with E-state index in [0.717, 1.165) is 45.6 Å². The van der Waals surface area contributed by atoms with Gasteiger partial charge < -0.3 is 10.6 Å². The molecule has 4 heteroatoms. The van der Waals surface area contributed by atoms with Crippen LogP contribution in [0, 0.1) is 11.8 Å². The van der Waals surface area contributed by atoms with Crippen molar-refractivity contribution in [3.8, 4) is 0 Å². The van der Waals surface area contributed by atoms with Gasteiger partial charge in [-0.3, -0.25) is 9.69 Å². The van der Waals surface area contributed by atoms with Crippen LogP contribution in [0.1, 0.15) is 33.6 Å². The highest BCUT2D eigenvalue weighted by molar-refractivity contribution is 5.78. The first-order valence-corrected chi connectivity index (χ1v) is 7.25. The second-order valence-electron chi connectivity index (χ2n) is 5.85. The number of hydrogen-bond acceptors (Lipinski definition) is 3. The third-order valence-electron chi connectivity index (χ3n) is 3.57. The van der Waals surface area contributed by atoms with Crippen molar-refractivity contribution in [3.63, 3.8) is 0 Å². The zero-order chi connectivity index (χ0) is 13.5. The van der Waals surface area contributed by atoms with E-state index in [9.17, 15) is 4.79 Å². The monoisotopic (exact) mass is 255 g/mol. The van der Waals surface area contributed by atoms with E-state index in [4.69, 9.17) is 5.73 Å². The van der Waals surface area contributed by atoms with Crippen LogP contribution in [0.4, 0.5) is 0 Å². The number of rotatable bonds is 6. The fourth-order valence-corrected chi connectivity index (χ4v) is 2.53. The molecule has 1 fully saturated rings. The summed E-state index contributed by atoms with van der Waals surface area (Å²) in [6.07, 6.45) is 1.86. The molecular weight excluding hydrogens is 226 g/mol. The van der Waals surface area contributed by atoms with E-state index >= 15 is 0 Å². The second-order valence-corrected chi connectivity index (χ2v) is 5.85. The summed E-state index contributed by atoms with van der Waals surface area (Å²) in [5.74, 6) is 1.15. The van der Waals surface area contributed by atoms with E-state index in [-0.39, 0.29) is 5.92 Å². The number of carbonyl (C=O) groups is 1. The van der Waals surface area contributed by atoms with E-state index in [0.29, 0.717) is 18.4 Å². The van der Waals surface area contributed by atoms with Crippen LogP contribution in [0.25, 0.3) is 0 Å². The summed E-state index contributed by atoms with van der Waals surface area (Å²) in [5, 5.41) is 0. The average Bonchev–Trinajstić information content (AvgIpc) is 2.35. The third-order valence-corrected chi connectivity index (χ3v) is 3.57. The van der Waals surface area contributed by atoms with Gasteiger partial charge in [0.15, 0.2) is 0 Å². The van der Waals surface area contributed by atoms with Gasteiger partial charge in [-0.15, -0.1) is 0 Å². The molecule has 0 aromatic rings. The molecule has 0 radical (unpaired) electrons. The van der Waals surface area contributed by atoms with Crippen molar-refractivity contribution in [3.05, 3.63) is 0 Å². The minimum atomic E-state index is 0.130. The van der Waals surface area contributed by atoms with Crippen molar-refractivity contribution in [2.75, 3.05) is 39.3 Å². The molecule has 2 N–H and O–H groups in total. The van der Waals surface area contributed by atoms with Crippen LogP contribution < -0.4 is 5.73 Å². The van der Waals surface area contributed by atoms with Gasteiger partial charge in [0.25, 0.3) is 0 Å². The summed E-state index contributed by atoms with van der Waals surface area (Å²) in [4.78, 5) is 16.7. The molecule has 0 aliphatic carbocycles. The normalized spacial score (nSPS) is 19.3. The highest BCUT2D eigenvalue weighted by Crippen LogP contribution is 2.12. The smallest absolute Gasteiger partial charge is 0.225 e. The van der Waals surface area contributed by atoms with Gasteiger partial charge in [0, 0.05) is 38.6 Å². The number of carbonyl (C=O) groups excluding carboxylic acids is 1. The topological polar surface area (TPSA) is 49.6 Å². The van der Waals surface area contributed by atoms with Crippen LogP contribution in [-0.2, 0) is 4.79 Å². The molecule has 106 valence electrons. The summed E-state index contributed by atoms with van der Waals surface area (Å²) in [6, 6.07) is 0. The molecular formula is C14H29N3O. The highest BCUT2D eigenvalue weighted by Gasteiger charge is 2.24. The SMILES string of the molecule is CC(C)CN1CCN(C(=O)C(C)CCCN)CC1. The predicted octanol–water partition coefficient (Wildman–Crippen LogP) is 1.16. The van der Waals surface area contributed by atoms with E-state index in [1.54, 1.807) is 0 Å². The van der Waals surface area contributed by atoms with Gasteiger partial charge in [0.05, 0.1) is 0 Å². The first-order chi connectivity index (χ1) is 8.54. The second kappa shape index (κ2) is 7.74. The lowest BCUT2D eigenvalue weighted by molar-refractivity contribution is -0.137. The highest BCUT2D eigenvalue weighted by atomic mass is 16.2. The molecule has 1 amide bonds. The van der Waals surface area contributed by atoms with E-state index in [1.165, 1.54) is 0 Å². The predicted molar refractivity (Wildman–Crippen MR) is 75.3 cm³/mol. The Kier molecular flexibility index (Phi) is 6.65. The lowest BCUT2D eigenvalue weighted by Crippen LogP contribution is -2.50. The maximum absolute atomic E-state index is 12.2. The Morgan fingerprint density at radius 3 is 2.28 bits per heavy atom. The van der Waals surface area contributed by atoms with Crippen molar-refractivity contribution < 1.29 is 4.79 Å². The fourth-order valence-electron chi connectivity index (χ4n) is 2.53. The van der Waals surface area contributed by atoms with Gasteiger partial charge >= 0.3 is 0 Å². The third kappa shape index (κ3) is 4.94. The Balaban J connectivity index is 2.31. The molecule has 1 atom stereocenters. The Bertz CT molecular complexity index is 247. The number of nitrogens with zero attached hydrogens (tertiary/aromatic N) is 2. The first-order valence-electron chi connectivity index (χ1n) is 7.25. The number of hydrogen-bond donors (Lipinski definition) is 1. The Morgan fingerprint density at radius 1 is 1.17 bits per heavy atom. The molecule has 1 aliphatic rings. The number of piperazine rings is 1. The Labute approximate surface area is 111 Å². The number of nitrogens with two attached hydrogens (primary N) is 1. The molecule has 1 saturated heterocycles. The van der Waals surface area contributed by atoms with Gasteiger partial charge in [0.2, 0.25) is 5.91 Å². The standard InChI is InChI=1S/C14H29N3O/c1-12(2)11-16-7-9-17(10-8-16)14(18)13(3)5-4-6-15/h12-13H,4-11,15H2,1-3H3. The van der Waals surface area contributed by atoms with E-state index in [2.05, 4.69) is 18.7 Å². The van der Waals surface area contributed by atoms with Gasteiger partial charge in [-0.2, -0.15) is 0 Å². The molecule has 0 aromatic heterocycles. The van der Waals surface area contributed by atoms with Crippen molar-refractivity contribution in [1.29, 1.82) is 0 Å². The van der Waals surface area contributed by atoms with Crippen LogP contribution in [0.5, 0.6) is 0 Å². The molecule has 1 unspecified atom stereocenters. The van der Waals surface area contributed by atoms with Gasteiger partial charge in [-0.05, 0) is 25.3 Å². The average molecular weight is 255 g/mol. The van der Waals surface area contributed by atoms with Gasteiger partial charge in [-0.25, -0.2) is 0 Å². The minimum absolute atomic E-state index is 0.130. The van der Waals surface area contributed by atoms with Crippen molar-refractivity contribution >= 4 is 5.91 Å². The maximum atomic E-state index is 12.2. The van der Waals surface area contributed by atoms with E-state index < -0.39 is 0 Å². The lowest BCUT2D eigenvalue weighted by atomic mass is 10.0. The molecule has 18 heavy (non-hydrogen) atoms. The zero-order valence-corrected chi connectivity index (χ0v) is 12.2. The van der Waals surface area contributed by atoms with Crippen LogP contribution in [0.15, 0.2) is 0 Å². The Hall–Kier alpha value is -0.610. The fraction of sp³-hybridized carbons (Fsp3) is 0.929. The van der Waals surface area contributed by atoms with Gasteiger partial charge in [0.1, 0.15) is 0 Å². The zero-order valence-electron chi connectivity index (χ0n) is 12.2. The molecule has 0 spiro atoms. The Morgan fingerprint density at radius 2 is 1.78 bits per heavy atom. The summed E-state index contributed by atoms with van der Waals surface area (Å²) in [7, 11) is 0. The molecule has 1 heterocycles. The molecule has 0 saturated carbocycles. The molecule has 0 bridgehead atoms. The summed E-state index contributed by atoms with van der Waals surface area (Å²) in [6.45, 7) is 12.2. The van der Waals surface area contributed by atoms with Crippen LogP contribution in [-0.4, -0.2) is 55.0 Å². The van der Waals surface area contributed by atoms with Crippen LogP contribution in [0.2, 0.25) is 0 Å². The summed E-state index contributed by atoms with van der Waals surface area (Å²) >= 11 is 0. The van der Waals surface area contributed by atoms with Gasteiger partial charge in [-0.1, -0.05) is 20.8 Å². The maximum Gasteiger partial charge on any atom is 0.225 e. The molecule has 1 aliphatic heterocycles. The molecule has 1 rings (SSSR count). The van der Waals surface area contributed by atoms with Crippen LogP contribution >= 0.6 is 0 Å². The largest absolute Gasteiger partial charge is 0.340 e. The quantitative estimate of drug-likeness (QED) is 0.775. The molecule has 4 nitrogen and oxygen atoms in total. The van der Waals surface area contributed by atoms with Crippen molar-refractivity contribution in [1.82, 2.24) is 9.80 Å². The first kappa shape index (κ1) is 15.4. The van der Waals surface area contributed by atoms with Crippen molar-refractivity contribution in [2.45, 2.75) is 33.6 Å². The number of amides is 1. The van der Waals surface area contributed by atoms with Crippen molar-refractivity contribution in [2.24, 2.45) is 17.6 Å². The van der Waals surface area contributed by atoms with Crippen LogP contribution in [0.3, 0.4) is 0 Å². The summed E-state index contributed by atoms with van der Waals surface area (Å²) in [5.41, 5.74) is 5.49. The molecule has 0 aromatic carbocycles. The summed E-state index contributed by atoms with van der Waals surface area (Å²) < 4.78 is 0. The lowest BCUT2D eigenvalue weighted by Gasteiger charge is -2.36. The minimum Gasteiger partial charge on any atom is -0.340 e.